The fourth-order valence-electron chi connectivity index (χ4n) is 2.45. The lowest BCUT2D eigenvalue weighted by Crippen LogP contribution is -2.23. The second kappa shape index (κ2) is 6.93. The standard InChI is InChI=1S/C15H13FN4O4S/c16-11-4-3-9(6-12(11)20(23)24)17-13(21)7-10-8-25-15(18-10)19-5-1-2-14(19)22/h3-4,6,8H,1-2,5,7H2,(H,17,21). The maximum atomic E-state index is 13.3. The van der Waals surface area contributed by atoms with Crippen LogP contribution < -0.4 is 10.2 Å². The van der Waals surface area contributed by atoms with Crippen molar-refractivity contribution in [1.29, 1.82) is 0 Å². The summed E-state index contributed by atoms with van der Waals surface area (Å²) in [7, 11) is 0. The SMILES string of the molecule is O=C(Cc1csc(N2CCCC2=O)n1)Nc1ccc(F)c([N+](=O)[O-])c1. The van der Waals surface area contributed by atoms with Crippen molar-refractivity contribution < 1.29 is 18.9 Å². The van der Waals surface area contributed by atoms with Crippen LogP contribution in [0.4, 0.5) is 20.9 Å². The second-order valence-corrected chi connectivity index (χ2v) is 6.26. The molecule has 1 aromatic carbocycles. The van der Waals surface area contributed by atoms with Crippen LogP contribution >= 0.6 is 11.3 Å². The largest absolute Gasteiger partial charge is 0.325 e. The molecule has 1 aliphatic heterocycles. The molecule has 1 saturated heterocycles. The highest BCUT2D eigenvalue weighted by Gasteiger charge is 2.24. The summed E-state index contributed by atoms with van der Waals surface area (Å²) in [6.07, 6.45) is 1.24. The third kappa shape index (κ3) is 3.79. The summed E-state index contributed by atoms with van der Waals surface area (Å²) in [6, 6.07) is 3.13. The number of amides is 2. The maximum Gasteiger partial charge on any atom is 0.306 e. The highest BCUT2D eigenvalue weighted by molar-refractivity contribution is 7.14. The number of carbonyl (C=O) groups excluding carboxylic acids is 2. The van der Waals surface area contributed by atoms with Gasteiger partial charge in [0.25, 0.3) is 0 Å². The zero-order valence-corrected chi connectivity index (χ0v) is 13.7. The van der Waals surface area contributed by atoms with Crippen molar-refractivity contribution in [3.05, 3.63) is 45.2 Å². The molecular weight excluding hydrogens is 351 g/mol. The Morgan fingerprint density at radius 1 is 1.48 bits per heavy atom. The second-order valence-electron chi connectivity index (χ2n) is 5.42. The van der Waals surface area contributed by atoms with Gasteiger partial charge in [0.1, 0.15) is 0 Å². The fourth-order valence-corrected chi connectivity index (χ4v) is 3.32. The number of carbonyl (C=O) groups is 2. The lowest BCUT2D eigenvalue weighted by atomic mass is 10.2. The number of rotatable bonds is 5. The van der Waals surface area contributed by atoms with Gasteiger partial charge in [-0.05, 0) is 18.6 Å². The molecule has 0 atom stereocenters. The van der Waals surface area contributed by atoms with Crippen molar-refractivity contribution in [3.63, 3.8) is 0 Å². The van der Waals surface area contributed by atoms with E-state index in [2.05, 4.69) is 10.3 Å². The van der Waals surface area contributed by atoms with Crippen molar-refractivity contribution in [3.8, 4) is 0 Å². The number of nitrogens with zero attached hydrogens (tertiary/aromatic N) is 3. The molecule has 0 bridgehead atoms. The molecule has 10 heteroatoms. The summed E-state index contributed by atoms with van der Waals surface area (Å²) in [5, 5.41) is 15.4. The third-order valence-electron chi connectivity index (χ3n) is 3.61. The first-order valence-electron chi connectivity index (χ1n) is 7.42. The van der Waals surface area contributed by atoms with Gasteiger partial charge in [0, 0.05) is 30.1 Å². The van der Waals surface area contributed by atoms with Crippen molar-refractivity contribution >= 4 is 39.7 Å². The first kappa shape index (κ1) is 17.0. The van der Waals surface area contributed by atoms with Crippen LogP contribution in [-0.2, 0) is 16.0 Å². The van der Waals surface area contributed by atoms with Crippen LogP contribution in [-0.4, -0.2) is 28.3 Å². The number of nitro groups is 1. The van der Waals surface area contributed by atoms with Gasteiger partial charge in [0.2, 0.25) is 17.6 Å². The van der Waals surface area contributed by atoms with Crippen LogP contribution in [0.2, 0.25) is 0 Å². The number of benzene rings is 1. The molecule has 130 valence electrons. The number of thiazole rings is 1. The highest BCUT2D eigenvalue weighted by atomic mass is 32.1. The molecule has 2 amide bonds. The van der Waals surface area contributed by atoms with Gasteiger partial charge < -0.3 is 5.32 Å². The molecule has 2 heterocycles. The van der Waals surface area contributed by atoms with Crippen LogP contribution in [0.25, 0.3) is 0 Å². The minimum Gasteiger partial charge on any atom is -0.325 e. The summed E-state index contributed by atoms with van der Waals surface area (Å²) in [4.78, 5) is 39.5. The monoisotopic (exact) mass is 364 g/mol. The Kier molecular flexibility index (Phi) is 4.70. The summed E-state index contributed by atoms with van der Waals surface area (Å²) in [5.74, 6) is -1.39. The van der Waals surface area contributed by atoms with E-state index in [-0.39, 0.29) is 18.0 Å². The van der Waals surface area contributed by atoms with E-state index < -0.39 is 22.3 Å². The summed E-state index contributed by atoms with van der Waals surface area (Å²) >= 11 is 1.28. The van der Waals surface area contributed by atoms with Crippen LogP contribution in [0.3, 0.4) is 0 Å². The van der Waals surface area contributed by atoms with Crippen LogP contribution in [0.15, 0.2) is 23.6 Å². The predicted octanol–water partition coefficient (Wildman–Crippen LogP) is 2.50. The Hall–Kier alpha value is -2.88. The average molecular weight is 364 g/mol. The predicted molar refractivity (Wildman–Crippen MR) is 89.1 cm³/mol. The minimum absolute atomic E-state index is 0.0176. The first-order chi connectivity index (χ1) is 11.9. The number of aromatic nitrogens is 1. The molecule has 1 aliphatic rings. The summed E-state index contributed by atoms with van der Waals surface area (Å²) in [5.41, 5.74) is -0.0848. The van der Waals surface area contributed by atoms with Crippen molar-refractivity contribution in [2.24, 2.45) is 0 Å². The molecule has 0 unspecified atom stereocenters. The van der Waals surface area contributed by atoms with Gasteiger partial charge in [-0.1, -0.05) is 0 Å². The van der Waals surface area contributed by atoms with E-state index in [1.165, 1.54) is 17.4 Å². The first-order valence-corrected chi connectivity index (χ1v) is 8.30. The molecule has 3 rings (SSSR count). The van der Waals surface area contributed by atoms with E-state index in [9.17, 15) is 24.1 Å². The zero-order chi connectivity index (χ0) is 18.0. The Morgan fingerprint density at radius 2 is 2.28 bits per heavy atom. The quantitative estimate of drug-likeness (QED) is 0.648. The Balaban J connectivity index is 1.65. The summed E-state index contributed by atoms with van der Waals surface area (Å²) < 4.78 is 13.3. The lowest BCUT2D eigenvalue weighted by molar-refractivity contribution is -0.387. The number of hydrogen-bond donors (Lipinski definition) is 1. The van der Waals surface area contributed by atoms with Gasteiger partial charge in [-0.25, -0.2) is 4.98 Å². The Labute approximate surface area is 145 Å². The molecule has 0 radical (unpaired) electrons. The highest BCUT2D eigenvalue weighted by Crippen LogP contribution is 2.26. The van der Waals surface area contributed by atoms with E-state index in [0.29, 0.717) is 23.8 Å². The molecule has 2 aromatic rings. The van der Waals surface area contributed by atoms with Gasteiger partial charge in [-0.3, -0.25) is 24.6 Å². The molecule has 1 fully saturated rings. The van der Waals surface area contributed by atoms with Crippen molar-refractivity contribution in [2.75, 3.05) is 16.8 Å². The molecule has 0 spiro atoms. The van der Waals surface area contributed by atoms with E-state index in [1.54, 1.807) is 10.3 Å². The average Bonchev–Trinajstić information content (AvgIpc) is 3.17. The van der Waals surface area contributed by atoms with Gasteiger partial charge in [0.15, 0.2) is 5.13 Å². The molecule has 8 nitrogen and oxygen atoms in total. The number of halogens is 1. The molecule has 0 saturated carbocycles. The number of nitro benzene ring substituents is 1. The van der Waals surface area contributed by atoms with Gasteiger partial charge in [0.05, 0.1) is 17.0 Å². The van der Waals surface area contributed by atoms with Crippen molar-refractivity contribution in [2.45, 2.75) is 19.3 Å². The molecule has 1 N–H and O–H groups in total. The van der Waals surface area contributed by atoms with E-state index in [1.807, 2.05) is 0 Å². The number of anilines is 2. The van der Waals surface area contributed by atoms with E-state index in [0.717, 1.165) is 18.6 Å². The Bertz CT molecular complexity index is 854. The summed E-state index contributed by atoms with van der Waals surface area (Å²) in [6.45, 7) is 0.622. The minimum atomic E-state index is -0.970. The lowest BCUT2D eigenvalue weighted by Gasteiger charge is -2.10. The van der Waals surface area contributed by atoms with Gasteiger partial charge in [-0.2, -0.15) is 4.39 Å². The molecule has 0 aliphatic carbocycles. The van der Waals surface area contributed by atoms with Crippen molar-refractivity contribution in [1.82, 2.24) is 4.98 Å². The van der Waals surface area contributed by atoms with E-state index in [4.69, 9.17) is 0 Å². The topological polar surface area (TPSA) is 105 Å². The van der Waals surface area contributed by atoms with Crippen LogP contribution in [0.1, 0.15) is 18.5 Å². The zero-order valence-electron chi connectivity index (χ0n) is 12.9. The molecular formula is C15H13FN4O4S. The number of nitrogens with one attached hydrogen (secondary N) is 1. The normalized spacial score (nSPS) is 14.0. The van der Waals surface area contributed by atoms with Gasteiger partial charge >= 0.3 is 5.69 Å². The number of hydrogen-bond acceptors (Lipinski definition) is 6. The third-order valence-corrected chi connectivity index (χ3v) is 4.52. The molecule has 25 heavy (non-hydrogen) atoms. The maximum absolute atomic E-state index is 13.3. The fraction of sp³-hybridized carbons (Fsp3) is 0.267. The Morgan fingerprint density at radius 3 is 2.96 bits per heavy atom. The van der Waals surface area contributed by atoms with E-state index >= 15 is 0 Å². The smallest absolute Gasteiger partial charge is 0.306 e. The van der Waals surface area contributed by atoms with Crippen LogP contribution in [0.5, 0.6) is 0 Å². The van der Waals surface area contributed by atoms with Gasteiger partial charge in [-0.15, -0.1) is 11.3 Å². The van der Waals surface area contributed by atoms with Crippen LogP contribution in [0, 0.1) is 15.9 Å². The molecule has 1 aromatic heterocycles.